The van der Waals surface area contributed by atoms with Gasteiger partial charge in [-0.15, -0.1) is 0 Å². The second-order valence-electron chi connectivity index (χ2n) is 6.36. The van der Waals surface area contributed by atoms with Crippen molar-refractivity contribution in [1.29, 1.82) is 0 Å². The highest BCUT2D eigenvalue weighted by Crippen LogP contribution is 2.23. The third-order valence-electron chi connectivity index (χ3n) is 4.22. The molecule has 1 saturated heterocycles. The van der Waals surface area contributed by atoms with E-state index in [9.17, 15) is 0 Å². The van der Waals surface area contributed by atoms with Crippen LogP contribution < -0.4 is 9.64 Å². The van der Waals surface area contributed by atoms with Crippen molar-refractivity contribution < 1.29 is 9.47 Å². The van der Waals surface area contributed by atoms with Crippen LogP contribution in [0.1, 0.15) is 12.0 Å². The molecule has 0 saturated carbocycles. The summed E-state index contributed by atoms with van der Waals surface area (Å²) in [6.07, 6.45) is 4.75. The molecule has 2 aromatic rings. The maximum Gasteiger partial charge on any atom is 0.225 e. The molecule has 6 nitrogen and oxygen atoms in total. The Bertz CT molecular complexity index is 677. The lowest BCUT2D eigenvalue weighted by molar-refractivity contribution is 0.122. The Balaban J connectivity index is 1.39. The molecule has 1 aromatic carbocycles. The molecule has 26 heavy (non-hydrogen) atoms. The first-order valence-corrected chi connectivity index (χ1v) is 9.29. The summed E-state index contributed by atoms with van der Waals surface area (Å²) >= 11 is 6.08. The summed E-state index contributed by atoms with van der Waals surface area (Å²) in [6, 6.07) is 7.55. The minimum Gasteiger partial charge on any atom is -0.492 e. The highest BCUT2D eigenvalue weighted by atomic mass is 35.5. The van der Waals surface area contributed by atoms with Crippen LogP contribution in [0, 0.1) is 0 Å². The molecule has 0 bridgehead atoms. The van der Waals surface area contributed by atoms with E-state index >= 15 is 0 Å². The first-order chi connectivity index (χ1) is 12.7. The fraction of sp³-hybridized carbons (Fsp3) is 0.474. The lowest BCUT2D eigenvalue weighted by Crippen LogP contribution is -2.37. The van der Waals surface area contributed by atoms with Gasteiger partial charge in [0.2, 0.25) is 5.95 Å². The Morgan fingerprint density at radius 3 is 2.65 bits per heavy atom. The molecule has 0 unspecified atom stereocenters. The number of ether oxygens (including phenoxy) is 2. The van der Waals surface area contributed by atoms with E-state index < -0.39 is 0 Å². The molecule has 1 aliphatic heterocycles. The van der Waals surface area contributed by atoms with Crippen molar-refractivity contribution >= 4 is 17.5 Å². The van der Waals surface area contributed by atoms with Crippen molar-refractivity contribution in [2.24, 2.45) is 0 Å². The minimum atomic E-state index is 0.639. The topological polar surface area (TPSA) is 50.7 Å². The number of hydrogen-bond donors (Lipinski definition) is 0. The number of aromatic nitrogens is 2. The molecule has 2 heterocycles. The van der Waals surface area contributed by atoms with Gasteiger partial charge in [0.25, 0.3) is 0 Å². The number of morpholine rings is 1. The number of rotatable bonds is 8. The fourth-order valence-corrected chi connectivity index (χ4v) is 3.02. The van der Waals surface area contributed by atoms with Crippen LogP contribution in [0.3, 0.4) is 0 Å². The van der Waals surface area contributed by atoms with E-state index in [0.717, 1.165) is 63.1 Å². The Morgan fingerprint density at radius 2 is 1.92 bits per heavy atom. The summed E-state index contributed by atoms with van der Waals surface area (Å²) in [4.78, 5) is 13.4. The van der Waals surface area contributed by atoms with Crippen LogP contribution in [-0.4, -0.2) is 61.4 Å². The zero-order valence-electron chi connectivity index (χ0n) is 15.1. The van der Waals surface area contributed by atoms with E-state index in [1.54, 1.807) is 0 Å². The predicted molar refractivity (Wildman–Crippen MR) is 103 cm³/mol. The van der Waals surface area contributed by atoms with Gasteiger partial charge in [-0.1, -0.05) is 23.7 Å². The first-order valence-electron chi connectivity index (χ1n) is 8.92. The average Bonchev–Trinajstić information content (AvgIpc) is 2.68. The molecule has 0 N–H and O–H groups in total. The molecular formula is C19H25ClN4O2. The molecule has 140 valence electrons. The summed E-state index contributed by atoms with van der Waals surface area (Å²) in [5.41, 5.74) is 1.11. The van der Waals surface area contributed by atoms with Crippen molar-refractivity contribution in [2.45, 2.75) is 13.0 Å². The number of hydrogen-bond acceptors (Lipinski definition) is 6. The van der Waals surface area contributed by atoms with Crippen molar-refractivity contribution in [1.82, 2.24) is 14.9 Å². The van der Waals surface area contributed by atoms with E-state index in [1.807, 2.05) is 36.7 Å². The Hall–Kier alpha value is -1.89. The second-order valence-corrected chi connectivity index (χ2v) is 6.77. The van der Waals surface area contributed by atoms with Crippen LogP contribution in [0.25, 0.3) is 0 Å². The molecular weight excluding hydrogens is 352 g/mol. The lowest BCUT2D eigenvalue weighted by atomic mass is 10.3. The summed E-state index contributed by atoms with van der Waals surface area (Å²) < 4.78 is 11.1. The van der Waals surface area contributed by atoms with Gasteiger partial charge in [-0.2, -0.15) is 0 Å². The van der Waals surface area contributed by atoms with Crippen molar-refractivity contribution in [3.05, 3.63) is 47.2 Å². The van der Waals surface area contributed by atoms with E-state index in [1.165, 1.54) is 0 Å². The van der Waals surface area contributed by atoms with Crippen molar-refractivity contribution in [3.8, 4) is 5.75 Å². The maximum absolute atomic E-state index is 6.08. The highest BCUT2D eigenvalue weighted by Gasteiger charge is 2.13. The van der Waals surface area contributed by atoms with Crippen LogP contribution in [0.5, 0.6) is 5.75 Å². The summed E-state index contributed by atoms with van der Waals surface area (Å²) in [6.45, 7) is 5.56. The zero-order valence-corrected chi connectivity index (χ0v) is 15.9. The Morgan fingerprint density at radius 1 is 1.19 bits per heavy atom. The third-order valence-corrected chi connectivity index (χ3v) is 4.53. The van der Waals surface area contributed by atoms with Gasteiger partial charge in [0, 0.05) is 44.1 Å². The van der Waals surface area contributed by atoms with E-state index in [-0.39, 0.29) is 0 Å². The van der Waals surface area contributed by atoms with Crippen LogP contribution in [-0.2, 0) is 11.3 Å². The van der Waals surface area contributed by atoms with Gasteiger partial charge in [-0.05, 0) is 25.6 Å². The van der Waals surface area contributed by atoms with Crippen LogP contribution >= 0.6 is 11.6 Å². The number of benzene rings is 1. The number of anilines is 1. The smallest absolute Gasteiger partial charge is 0.225 e. The summed E-state index contributed by atoms with van der Waals surface area (Å²) in [5, 5.41) is 0.651. The van der Waals surface area contributed by atoms with Gasteiger partial charge in [0.15, 0.2) is 0 Å². The van der Waals surface area contributed by atoms with Crippen LogP contribution in [0.4, 0.5) is 5.95 Å². The van der Waals surface area contributed by atoms with E-state index in [4.69, 9.17) is 21.1 Å². The fourth-order valence-electron chi connectivity index (χ4n) is 2.83. The van der Waals surface area contributed by atoms with Gasteiger partial charge in [-0.3, -0.25) is 0 Å². The Labute approximate surface area is 159 Å². The van der Waals surface area contributed by atoms with Crippen molar-refractivity contribution in [3.63, 3.8) is 0 Å². The normalized spacial score (nSPS) is 14.7. The number of halogens is 1. The van der Waals surface area contributed by atoms with E-state index in [0.29, 0.717) is 11.6 Å². The van der Waals surface area contributed by atoms with Gasteiger partial charge in [-0.25, -0.2) is 9.97 Å². The minimum absolute atomic E-state index is 0.639. The second kappa shape index (κ2) is 9.71. The largest absolute Gasteiger partial charge is 0.492 e. The zero-order chi connectivity index (χ0) is 18.2. The summed E-state index contributed by atoms with van der Waals surface area (Å²) in [5.74, 6) is 1.52. The molecule has 0 amide bonds. The van der Waals surface area contributed by atoms with Gasteiger partial charge < -0.3 is 19.3 Å². The molecule has 3 rings (SSSR count). The molecule has 0 aliphatic carbocycles. The van der Waals surface area contributed by atoms with Crippen LogP contribution in [0.2, 0.25) is 5.02 Å². The molecule has 1 fully saturated rings. The van der Waals surface area contributed by atoms with Crippen LogP contribution in [0.15, 0.2) is 36.7 Å². The predicted octanol–water partition coefficient (Wildman–Crippen LogP) is 2.87. The van der Waals surface area contributed by atoms with Gasteiger partial charge in [0.05, 0.1) is 24.8 Å². The SMILES string of the molecule is CN(CCCOc1ccccc1Cl)Cc1cnc(N2CCOCC2)nc1. The van der Waals surface area contributed by atoms with Gasteiger partial charge >= 0.3 is 0 Å². The quantitative estimate of drug-likeness (QED) is 0.660. The number of nitrogens with zero attached hydrogens (tertiary/aromatic N) is 4. The maximum atomic E-state index is 6.08. The van der Waals surface area contributed by atoms with Gasteiger partial charge in [0.1, 0.15) is 5.75 Å². The monoisotopic (exact) mass is 376 g/mol. The first kappa shape index (κ1) is 18.9. The van der Waals surface area contributed by atoms with E-state index in [2.05, 4.69) is 26.8 Å². The molecule has 1 aromatic heterocycles. The molecule has 0 atom stereocenters. The Kier molecular flexibility index (Phi) is 7.05. The molecule has 1 aliphatic rings. The van der Waals surface area contributed by atoms with Crippen molar-refractivity contribution in [2.75, 3.05) is 51.4 Å². The summed E-state index contributed by atoms with van der Waals surface area (Å²) in [7, 11) is 2.09. The molecule has 0 spiro atoms. The average molecular weight is 377 g/mol. The number of para-hydroxylation sites is 1. The third kappa shape index (κ3) is 5.56. The standard InChI is InChI=1S/C19H25ClN4O2/c1-23(7-4-10-26-18-6-3-2-5-17(18)20)15-16-13-21-19(22-14-16)24-8-11-25-12-9-24/h2-3,5-6,13-14H,4,7-12,15H2,1H3. The highest BCUT2D eigenvalue weighted by molar-refractivity contribution is 6.32. The lowest BCUT2D eigenvalue weighted by Gasteiger charge is -2.26. The molecule has 7 heteroatoms. The molecule has 0 radical (unpaired) electrons.